The van der Waals surface area contributed by atoms with Crippen molar-refractivity contribution in [3.63, 3.8) is 0 Å². The molecule has 1 radical (unpaired) electrons. The molecule has 5 heteroatoms. The van der Waals surface area contributed by atoms with Crippen LogP contribution in [0.5, 0.6) is 0 Å². The van der Waals surface area contributed by atoms with E-state index >= 15 is 0 Å². The fourth-order valence-corrected chi connectivity index (χ4v) is 4.96. The van der Waals surface area contributed by atoms with Gasteiger partial charge in [0.05, 0.1) is 5.58 Å². The van der Waals surface area contributed by atoms with E-state index < -0.39 is 0 Å². The second-order valence-corrected chi connectivity index (χ2v) is 10.6. The van der Waals surface area contributed by atoms with Crippen molar-refractivity contribution in [2.75, 3.05) is 0 Å². The number of rotatable bonds is 3. The van der Waals surface area contributed by atoms with Gasteiger partial charge in [0.2, 0.25) is 0 Å². The summed E-state index contributed by atoms with van der Waals surface area (Å²) in [6, 6.07) is 33.4. The topological polar surface area (TPSA) is 51.8 Å². The van der Waals surface area contributed by atoms with Crippen LogP contribution in [-0.2, 0) is 20.1 Å². The van der Waals surface area contributed by atoms with Crippen LogP contribution in [0.2, 0.25) is 0 Å². The quantitative estimate of drug-likeness (QED) is 0.170. The molecule has 0 amide bonds. The zero-order valence-electron chi connectivity index (χ0n) is 24.8. The third-order valence-corrected chi connectivity index (χ3v) is 7.65. The molecule has 0 bridgehead atoms. The number of fused-ring (bicyclic) bond motifs is 3. The Morgan fingerprint density at radius 3 is 2.30 bits per heavy atom. The van der Waals surface area contributed by atoms with E-state index in [9.17, 15) is 0 Å². The van der Waals surface area contributed by atoms with E-state index in [1.165, 1.54) is 22.3 Å². The van der Waals surface area contributed by atoms with Gasteiger partial charge in [0.25, 0.3) is 0 Å². The fraction of sp³-hybridized carbons (Fsp3) is 0.132. The summed E-state index contributed by atoms with van der Waals surface area (Å²) in [6.07, 6.45) is 5.43. The fourth-order valence-electron chi connectivity index (χ4n) is 4.96. The Morgan fingerprint density at radius 2 is 1.53 bits per heavy atom. The van der Waals surface area contributed by atoms with Gasteiger partial charge >= 0.3 is 0 Å². The monoisotopic (exact) mass is 738 g/mol. The number of aryl methyl sites for hydroxylation is 5. The Balaban J connectivity index is 0.000000188. The Kier molecular flexibility index (Phi) is 8.96. The molecule has 4 aromatic heterocycles. The SMILES string of the molecule is Cc1c[c-]c(-c2cc(C)c(C)cn2)cc1C.Cc1ccc2c(-c3ncccc3-c3ccccc3)[c-]c3ccoc3c2n1.[Ir]. The molecule has 0 aliphatic heterocycles. The summed E-state index contributed by atoms with van der Waals surface area (Å²) in [4.78, 5) is 13.9. The first-order valence-electron chi connectivity index (χ1n) is 14.0. The number of nitrogens with zero attached hydrogens (tertiary/aromatic N) is 3. The maximum absolute atomic E-state index is 5.68. The second kappa shape index (κ2) is 12.8. The second-order valence-electron chi connectivity index (χ2n) is 10.6. The molecule has 7 aromatic rings. The van der Waals surface area contributed by atoms with Crippen LogP contribution >= 0.6 is 0 Å². The van der Waals surface area contributed by atoms with E-state index in [0.29, 0.717) is 0 Å². The van der Waals surface area contributed by atoms with E-state index in [1.807, 2.05) is 61.8 Å². The molecule has 0 atom stereocenters. The minimum absolute atomic E-state index is 0. The third kappa shape index (κ3) is 6.19. The molecule has 0 spiro atoms. The van der Waals surface area contributed by atoms with Gasteiger partial charge < -0.3 is 9.40 Å². The van der Waals surface area contributed by atoms with E-state index in [1.54, 1.807) is 6.26 Å². The van der Waals surface area contributed by atoms with Gasteiger partial charge in [-0.2, -0.15) is 0 Å². The average Bonchev–Trinajstić information content (AvgIpc) is 3.49. The molecule has 0 saturated heterocycles. The van der Waals surface area contributed by atoms with Crippen LogP contribution in [0.4, 0.5) is 0 Å². The first kappa shape index (κ1) is 30.0. The number of hydrogen-bond donors (Lipinski definition) is 0. The van der Waals surface area contributed by atoms with Gasteiger partial charge in [-0.05, 0) is 55.3 Å². The summed E-state index contributed by atoms with van der Waals surface area (Å²) in [5.41, 5.74) is 13.8. The summed E-state index contributed by atoms with van der Waals surface area (Å²) in [7, 11) is 0. The standard InChI is InChI=1S/C23H15N2O.C15H16N.Ir/c1-15-9-10-19-20(14-17-11-13-26-23(17)22(19)25-15)21-18(8-5-12-24-21)16-6-3-2-4-7-16;1-10-5-6-14(7-11(10)2)15-8-12(3)13(4)9-16-15;/h2-13H,1H3;5,7-9H,1-4H3;/q2*-1;. The molecular weight excluding hydrogens is 707 g/mol. The Morgan fingerprint density at radius 1 is 0.744 bits per heavy atom. The van der Waals surface area contributed by atoms with Crippen molar-refractivity contribution in [2.45, 2.75) is 34.6 Å². The maximum Gasteiger partial charge on any atom is 0.0847 e. The zero-order chi connectivity index (χ0) is 29.2. The summed E-state index contributed by atoms with van der Waals surface area (Å²) in [6.45, 7) is 10.4. The van der Waals surface area contributed by atoms with E-state index in [4.69, 9.17) is 14.4 Å². The zero-order valence-corrected chi connectivity index (χ0v) is 27.2. The van der Waals surface area contributed by atoms with Crippen LogP contribution in [0.1, 0.15) is 27.9 Å². The minimum Gasteiger partial charge on any atom is -0.506 e. The Bertz CT molecular complexity index is 2000. The molecule has 0 saturated carbocycles. The van der Waals surface area contributed by atoms with Crippen LogP contribution in [0.3, 0.4) is 0 Å². The molecule has 7 rings (SSSR count). The number of furan rings is 1. The van der Waals surface area contributed by atoms with Gasteiger partial charge in [-0.1, -0.05) is 90.3 Å². The van der Waals surface area contributed by atoms with Crippen molar-refractivity contribution in [3.05, 3.63) is 138 Å². The van der Waals surface area contributed by atoms with Crippen molar-refractivity contribution in [1.82, 2.24) is 15.0 Å². The summed E-state index contributed by atoms with van der Waals surface area (Å²) < 4.78 is 5.68. The molecule has 4 nitrogen and oxygen atoms in total. The van der Waals surface area contributed by atoms with Crippen LogP contribution in [0.25, 0.3) is 55.5 Å². The van der Waals surface area contributed by atoms with Crippen molar-refractivity contribution in [1.29, 1.82) is 0 Å². The molecule has 0 aliphatic rings. The van der Waals surface area contributed by atoms with Crippen molar-refractivity contribution in [3.8, 4) is 33.6 Å². The van der Waals surface area contributed by atoms with E-state index in [0.717, 1.165) is 61.2 Å². The molecule has 0 aliphatic carbocycles. The molecular formula is C38H31IrN3O-2. The van der Waals surface area contributed by atoms with Crippen LogP contribution < -0.4 is 0 Å². The number of hydrogen-bond acceptors (Lipinski definition) is 4. The van der Waals surface area contributed by atoms with Crippen LogP contribution in [0, 0.1) is 46.8 Å². The van der Waals surface area contributed by atoms with Crippen LogP contribution in [0.15, 0.2) is 102 Å². The summed E-state index contributed by atoms with van der Waals surface area (Å²) in [5.74, 6) is 0. The third-order valence-electron chi connectivity index (χ3n) is 7.65. The van der Waals surface area contributed by atoms with Crippen molar-refractivity contribution < 1.29 is 24.5 Å². The van der Waals surface area contributed by atoms with Gasteiger partial charge in [-0.3, -0.25) is 9.97 Å². The predicted molar refractivity (Wildman–Crippen MR) is 171 cm³/mol. The first-order valence-corrected chi connectivity index (χ1v) is 14.0. The number of benzene rings is 3. The molecule has 0 unspecified atom stereocenters. The number of aromatic nitrogens is 3. The molecule has 3 aromatic carbocycles. The van der Waals surface area contributed by atoms with Gasteiger partial charge in [0.1, 0.15) is 0 Å². The molecule has 215 valence electrons. The van der Waals surface area contributed by atoms with Gasteiger partial charge in [-0.25, -0.2) is 0 Å². The van der Waals surface area contributed by atoms with Crippen molar-refractivity contribution >= 4 is 21.9 Å². The minimum atomic E-state index is 0. The molecule has 4 heterocycles. The normalized spacial score (nSPS) is 10.7. The first-order chi connectivity index (χ1) is 20.4. The Hall–Kier alpha value is -4.44. The molecule has 43 heavy (non-hydrogen) atoms. The Labute approximate surface area is 266 Å². The van der Waals surface area contributed by atoms with Gasteiger partial charge in [0, 0.05) is 55.7 Å². The summed E-state index contributed by atoms with van der Waals surface area (Å²) in [5, 5.41) is 1.91. The summed E-state index contributed by atoms with van der Waals surface area (Å²) >= 11 is 0. The molecule has 0 fully saturated rings. The van der Waals surface area contributed by atoms with Gasteiger partial charge in [0.15, 0.2) is 0 Å². The van der Waals surface area contributed by atoms with E-state index in [-0.39, 0.29) is 20.1 Å². The largest absolute Gasteiger partial charge is 0.506 e. The van der Waals surface area contributed by atoms with Crippen molar-refractivity contribution in [2.24, 2.45) is 0 Å². The van der Waals surface area contributed by atoms with Crippen LogP contribution in [-0.4, -0.2) is 15.0 Å². The molecule has 0 N–H and O–H groups in total. The average molecular weight is 738 g/mol. The maximum atomic E-state index is 5.68. The van der Waals surface area contributed by atoms with E-state index in [2.05, 4.69) is 81.2 Å². The smallest absolute Gasteiger partial charge is 0.0847 e. The predicted octanol–water partition coefficient (Wildman–Crippen LogP) is 9.60. The van der Waals surface area contributed by atoms with Gasteiger partial charge in [-0.15, -0.1) is 41.0 Å². The number of pyridine rings is 3.